The van der Waals surface area contributed by atoms with Crippen LogP contribution in [0, 0.1) is 0 Å². The molecule has 0 aliphatic carbocycles. The molecule has 0 spiro atoms. The maximum Gasteiger partial charge on any atom is 0.251 e. The van der Waals surface area contributed by atoms with Gasteiger partial charge in [0.15, 0.2) is 0 Å². The molecule has 1 saturated heterocycles. The molecule has 1 aliphatic rings. The minimum absolute atomic E-state index is 0.0315. The summed E-state index contributed by atoms with van der Waals surface area (Å²) < 4.78 is 0. The Bertz CT molecular complexity index is 445. The van der Waals surface area contributed by atoms with Gasteiger partial charge in [-0.1, -0.05) is 6.07 Å². The van der Waals surface area contributed by atoms with Crippen LogP contribution in [-0.4, -0.2) is 51.1 Å². The van der Waals surface area contributed by atoms with Crippen molar-refractivity contribution in [1.29, 1.82) is 0 Å². The zero-order chi connectivity index (χ0) is 13.8. The standard InChI is InChI=1S/C15H23N3O/c1-17(2)14-8-4-6-12(10-14)15(19)16-13-7-5-9-18(3)11-13/h4,6,8,10,13H,5,7,9,11H2,1-3H3,(H,16,19)/t13-/m1/s1. The van der Waals surface area contributed by atoms with E-state index in [-0.39, 0.29) is 11.9 Å². The van der Waals surface area contributed by atoms with Gasteiger partial charge in [-0.15, -0.1) is 0 Å². The highest BCUT2D eigenvalue weighted by Crippen LogP contribution is 2.14. The molecule has 0 saturated carbocycles. The Morgan fingerprint density at radius 1 is 1.42 bits per heavy atom. The van der Waals surface area contributed by atoms with E-state index in [1.165, 1.54) is 0 Å². The zero-order valence-corrected chi connectivity index (χ0v) is 12.0. The molecule has 0 radical (unpaired) electrons. The Kier molecular flexibility index (Phi) is 4.43. The second kappa shape index (κ2) is 6.06. The summed E-state index contributed by atoms with van der Waals surface area (Å²) in [6.45, 7) is 2.07. The molecular weight excluding hydrogens is 238 g/mol. The van der Waals surface area contributed by atoms with Gasteiger partial charge in [-0.3, -0.25) is 4.79 Å². The highest BCUT2D eigenvalue weighted by Gasteiger charge is 2.19. The topological polar surface area (TPSA) is 35.6 Å². The molecule has 1 atom stereocenters. The van der Waals surface area contributed by atoms with Gasteiger partial charge in [0.2, 0.25) is 0 Å². The molecule has 104 valence electrons. The lowest BCUT2D eigenvalue weighted by molar-refractivity contribution is 0.0912. The first-order chi connectivity index (χ1) is 9.06. The van der Waals surface area contributed by atoms with Crippen molar-refractivity contribution in [2.24, 2.45) is 0 Å². The average Bonchev–Trinajstić information content (AvgIpc) is 2.39. The quantitative estimate of drug-likeness (QED) is 0.897. The molecule has 4 nitrogen and oxygen atoms in total. The molecule has 0 unspecified atom stereocenters. The molecule has 1 heterocycles. The number of nitrogens with zero attached hydrogens (tertiary/aromatic N) is 2. The van der Waals surface area contributed by atoms with Crippen LogP contribution in [0.15, 0.2) is 24.3 Å². The normalized spacial score (nSPS) is 20.1. The minimum atomic E-state index is 0.0315. The van der Waals surface area contributed by atoms with Gasteiger partial charge in [0, 0.05) is 37.9 Å². The number of nitrogens with one attached hydrogen (secondary N) is 1. The average molecular weight is 261 g/mol. The molecule has 0 bridgehead atoms. The first-order valence-electron chi connectivity index (χ1n) is 6.83. The number of benzene rings is 1. The number of rotatable bonds is 3. The Morgan fingerprint density at radius 3 is 2.89 bits per heavy atom. The van der Waals surface area contributed by atoms with Crippen LogP contribution in [0.4, 0.5) is 5.69 Å². The number of likely N-dealkylation sites (N-methyl/N-ethyl adjacent to an activating group) is 1. The summed E-state index contributed by atoms with van der Waals surface area (Å²) in [5, 5.41) is 3.13. The predicted molar refractivity (Wildman–Crippen MR) is 78.8 cm³/mol. The first-order valence-corrected chi connectivity index (χ1v) is 6.83. The summed E-state index contributed by atoms with van der Waals surface area (Å²) in [7, 11) is 6.06. The molecule has 1 aromatic carbocycles. The van der Waals surface area contributed by atoms with Crippen LogP contribution in [-0.2, 0) is 0 Å². The van der Waals surface area contributed by atoms with Crippen LogP contribution in [0.2, 0.25) is 0 Å². The number of hydrogen-bond donors (Lipinski definition) is 1. The van der Waals surface area contributed by atoms with Gasteiger partial charge in [0.05, 0.1) is 0 Å². The van der Waals surface area contributed by atoms with Crippen molar-refractivity contribution in [3.63, 3.8) is 0 Å². The Labute approximate surface area is 115 Å². The molecule has 1 amide bonds. The van der Waals surface area contributed by atoms with Crippen molar-refractivity contribution >= 4 is 11.6 Å². The molecule has 1 aromatic rings. The van der Waals surface area contributed by atoms with Gasteiger partial charge < -0.3 is 15.1 Å². The molecule has 1 aliphatic heterocycles. The second-order valence-corrected chi connectivity index (χ2v) is 5.52. The minimum Gasteiger partial charge on any atom is -0.378 e. The third-order valence-electron chi connectivity index (χ3n) is 3.58. The van der Waals surface area contributed by atoms with Crippen molar-refractivity contribution in [2.75, 3.05) is 39.1 Å². The van der Waals surface area contributed by atoms with E-state index in [0.717, 1.165) is 37.2 Å². The highest BCUT2D eigenvalue weighted by molar-refractivity contribution is 5.95. The van der Waals surface area contributed by atoms with Crippen LogP contribution >= 0.6 is 0 Å². The van der Waals surface area contributed by atoms with Gasteiger partial charge in [0.1, 0.15) is 0 Å². The number of piperidine rings is 1. The fourth-order valence-electron chi connectivity index (χ4n) is 2.48. The van der Waals surface area contributed by atoms with E-state index in [9.17, 15) is 4.79 Å². The van der Waals surface area contributed by atoms with Crippen LogP contribution in [0.5, 0.6) is 0 Å². The molecule has 0 aromatic heterocycles. The fourth-order valence-corrected chi connectivity index (χ4v) is 2.48. The molecule has 4 heteroatoms. The zero-order valence-electron chi connectivity index (χ0n) is 12.0. The van der Waals surface area contributed by atoms with E-state index < -0.39 is 0 Å². The summed E-state index contributed by atoms with van der Waals surface area (Å²) in [4.78, 5) is 16.5. The lowest BCUT2D eigenvalue weighted by Gasteiger charge is -2.30. The van der Waals surface area contributed by atoms with E-state index in [0.29, 0.717) is 0 Å². The van der Waals surface area contributed by atoms with E-state index in [1.807, 2.05) is 43.3 Å². The fraction of sp³-hybridized carbons (Fsp3) is 0.533. The van der Waals surface area contributed by atoms with Crippen molar-refractivity contribution in [1.82, 2.24) is 10.2 Å². The summed E-state index contributed by atoms with van der Waals surface area (Å²) in [5.41, 5.74) is 1.79. The van der Waals surface area contributed by atoms with Crippen molar-refractivity contribution < 1.29 is 4.79 Å². The van der Waals surface area contributed by atoms with Gasteiger partial charge in [-0.2, -0.15) is 0 Å². The summed E-state index contributed by atoms with van der Waals surface area (Å²) in [6.07, 6.45) is 2.22. The van der Waals surface area contributed by atoms with E-state index >= 15 is 0 Å². The number of likely N-dealkylation sites (tertiary alicyclic amines) is 1. The number of amides is 1. The molecular formula is C15H23N3O. The summed E-state index contributed by atoms with van der Waals surface area (Å²) in [6, 6.07) is 8.01. The van der Waals surface area contributed by atoms with Crippen LogP contribution in [0.1, 0.15) is 23.2 Å². The van der Waals surface area contributed by atoms with Crippen molar-refractivity contribution in [2.45, 2.75) is 18.9 Å². The van der Waals surface area contributed by atoms with E-state index in [1.54, 1.807) is 0 Å². The van der Waals surface area contributed by atoms with Gasteiger partial charge in [-0.25, -0.2) is 0 Å². The SMILES string of the molecule is CN1CCC[C@@H](NC(=O)c2cccc(N(C)C)c2)C1. The first kappa shape index (κ1) is 13.9. The maximum absolute atomic E-state index is 12.2. The number of hydrogen-bond acceptors (Lipinski definition) is 3. The number of carbonyl (C=O) groups excluding carboxylic acids is 1. The van der Waals surface area contributed by atoms with Crippen molar-refractivity contribution in [3.05, 3.63) is 29.8 Å². The third-order valence-corrected chi connectivity index (χ3v) is 3.58. The number of anilines is 1. The molecule has 19 heavy (non-hydrogen) atoms. The van der Waals surface area contributed by atoms with Crippen LogP contribution < -0.4 is 10.2 Å². The highest BCUT2D eigenvalue weighted by atomic mass is 16.1. The van der Waals surface area contributed by atoms with Crippen LogP contribution in [0.25, 0.3) is 0 Å². The molecule has 2 rings (SSSR count). The van der Waals surface area contributed by atoms with E-state index in [4.69, 9.17) is 0 Å². The molecule has 1 fully saturated rings. The molecule has 1 N–H and O–H groups in total. The maximum atomic E-state index is 12.2. The Morgan fingerprint density at radius 2 is 2.21 bits per heavy atom. The monoisotopic (exact) mass is 261 g/mol. The lowest BCUT2D eigenvalue weighted by atomic mass is 10.1. The van der Waals surface area contributed by atoms with Gasteiger partial charge in [0.25, 0.3) is 5.91 Å². The van der Waals surface area contributed by atoms with Gasteiger partial charge in [-0.05, 0) is 44.6 Å². The van der Waals surface area contributed by atoms with Gasteiger partial charge >= 0.3 is 0 Å². The number of carbonyl (C=O) groups is 1. The summed E-state index contributed by atoms with van der Waals surface area (Å²) in [5.74, 6) is 0.0315. The third kappa shape index (κ3) is 3.70. The Balaban J connectivity index is 2.01. The lowest BCUT2D eigenvalue weighted by Crippen LogP contribution is -2.46. The second-order valence-electron chi connectivity index (χ2n) is 5.52. The Hall–Kier alpha value is -1.55. The van der Waals surface area contributed by atoms with Crippen LogP contribution in [0.3, 0.4) is 0 Å². The predicted octanol–water partition coefficient (Wildman–Crippen LogP) is 1.58. The smallest absolute Gasteiger partial charge is 0.251 e. The summed E-state index contributed by atoms with van der Waals surface area (Å²) >= 11 is 0. The van der Waals surface area contributed by atoms with Crippen molar-refractivity contribution in [3.8, 4) is 0 Å². The van der Waals surface area contributed by atoms with E-state index in [2.05, 4.69) is 17.3 Å². The largest absolute Gasteiger partial charge is 0.378 e.